The second kappa shape index (κ2) is 9.22. The fourth-order valence-electron chi connectivity index (χ4n) is 4.94. The van der Waals surface area contributed by atoms with Gasteiger partial charge in [-0.05, 0) is 39.2 Å². The van der Waals surface area contributed by atoms with Crippen molar-refractivity contribution in [3.8, 4) is 0 Å². The molecular formula is C19H37IN4O. The summed E-state index contributed by atoms with van der Waals surface area (Å²) in [6.45, 7) is 11.3. The van der Waals surface area contributed by atoms with E-state index >= 15 is 0 Å². The smallest absolute Gasteiger partial charge is 0.191 e. The van der Waals surface area contributed by atoms with Crippen molar-refractivity contribution in [2.75, 3.05) is 33.3 Å². The molecule has 2 N–H and O–H groups in total. The number of ether oxygens (including phenoxy) is 1. The highest BCUT2D eigenvalue weighted by Crippen LogP contribution is 2.52. The molecular weight excluding hydrogens is 427 g/mol. The zero-order valence-corrected chi connectivity index (χ0v) is 18.7. The molecule has 0 aromatic heterocycles. The summed E-state index contributed by atoms with van der Waals surface area (Å²) in [6, 6.07) is 1.23. The van der Waals surface area contributed by atoms with Crippen LogP contribution in [0.25, 0.3) is 0 Å². The molecule has 2 aliphatic heterocycles. The van der Waals surface area contributed by atoms with E-state index in [0.29, 0.717) is 18.1 Å². The fourth-order valence-corrected chi connectivity index (χ4v) is 4.94. The Morgan fingerprint density at radius 1 is 1.28 bits per heavy atom. The summed E-state index contributed by atoms with van der Waals surface area (Å²) in [5, 5.41) is 7.17. The number of nitrogens with one attached hydrogen (secondary N) is 2. The predicted octanol–water partition coefficient (Wildman–Crippen LogP) is 2.85. The van der Waals surface area contributed by atoms with Gasteiger partial charge in [-0.3, -0.25) is 4.99 Å². The van der Waals surface area contributed by atoms with Crippen LogP contribution in [0.5, 0.6) is 0 Å². The minimum absolute atomic E-state index is 0. The van der Waals surface area contributed by atoms with Crippen LogP contribution in [0.3, 0.4) is 0 Å². The van der Waals surface area contributed by atoms with Gasteiger partial charge in [-0.15, -0.1) is 24.0 Å². The molecule has 6 heteroatoms. The third kappa shape index (κ3) is 4.61. The number of likely N-dealkylation sites (tertiary alicyclic amines) is 1. The molecule has 1 aliphatic carbocycles. The molecule has 3 rings (SSSR count). The molecule has 5 nitrogen and oxygen atoms in total. The van der Waals surface area contributed by atoms with Gasteiger partial charge in [0.25, 0.3) is 0 Å². The Kier molecular flexibility index (Phi) is 7.83. The maximum absolute atomic E-state index is 5.88. The first-order valence-corrected chi connectivity index (χ1v) is 9.87. The number of guanidine groups is 1. The topological polar surface area (TPSA) is 48.9 Å². The number of fused-ring (bicyclic) bond motifs is 1. The van der Waals surface area contributed by atoms with E-state index in [2.05, 4.69) is 41.3 Å². The SMILES string of the molecule is CN=C(NCCCN1CCCCC1C)NC1C2CCOC2C1(C)C.I. The Morgan fingerprint density at radius 3 is 2.80 bits per heavy atom. The maximum atomic E-state index is 5.88. The molecule has 0 radical (unpaired) electrons. The standard InChI is InChI=1S/C19H36N4O.HI/c1-14-8-5-6-11-23(14)12-7-10-21-18(20-4)22-16-15-9-13-24-17(15)19(16,2)3;/h14-17H,5-13H2,1-4H3,(H2,20,21,22);1H. The van der Waals surface area contributed by atoms with Crippen molar-refractivity contribution in [1.29, 1.82) is 0 Å². The second-order valence-corrected chi connectivity index (χ2v) is 8.42. The van der Waals surface area contributed by atoms with Crippen LogP contribution in [-0.2, 0) is 4.74 Å². The molecule has 1 saturated carbocycles. The Morgan fingerprint density at radius 2 is 2.08 bits per heavy atom. The first-order valence-electron chi connectivity index (χ1n) is 9.87. The Bertz CT molecular complexity index is 457. The molecule has 4 atom stereocenters. The van der Waals surface area contributed by atoms with Crippen molar-refractivity contribution in [2.45, 2.75) is 71.1 Å². The van der Waals surface area contributed by atoms with E-state index in [0.717, 1.165) is 25.2 Å². The molecule has 3 aliphatic rings. The van der Waals surface area contributed by atoms with Gasteiger partial charge in [0.15, 0.2) is 5.96 Å². The third-order valence-corrected chi connectivity index (χ3v) is 6.47. The average molecular weight is 464 g/mol. The minimum Gasteiger partial charge on any atom is -0.377 e. The molecule has 4 unspecified atom stereocenters. The van der Waals surface area contributed by atoms with E-state index in [1.54, 1.807) is 0 Å². The number of halogens is 1. The summed E-state index contributed by atoms with van der Waals surface area (Å²) in [5.41, 5.74) is 0.196. The molecule has 2 heterocycles. The first kappa shape index (κ1) is 21.2. The lowest BCUT2D eigenvalue weighted by Gasteiger charge is -2.54. The van der Waals surface area contributed by atoms with Crippen LogP contribution in [-0.4, -0.2) is 62.3 Å². The van der Waals surface area contributed by atoms with Crippen molar-refractivity contribution < 1.29 is 4.74 Å². The molecule has 0 bridgehead atoms. The van der Waals surface area contributed by atoms with Crippen molar-refractivity contribution >= 4 is 29.9 Å². The molecule has 0 spiro atoms. The Hall–Kier alpha value is -0.0800. The first-order chi connectivity index (χ1) is 11.5. The van der Waals surface area contributed by atoms with Crippen LogP contribution in [0.15, 0.2) is 4.99 Å². The lowest BCUT2D eigenvalue weighted by atomic mass is 9.57. The van der Waals surface area contributed by atoms with E-state index in [4.69, 9.17) is 4.74 Å². The summed E-state index contributed by atoms with van der Waals surface area (Å²) in [6.07, 6.45) is 6.90. The number of piperidine rings is 1. The van der Waals surface area contributed by atoms with Gasteiger partial charge in [-0.2, -0.15) is 0 Å². The lowest BCUT2D eigenvalue weighted by Crippen LogP contribution is -2.68. The maximum Gasteiger partial charge on any atom is 0.191 e. The van der Waals surface area contributed by atoms with Gasteiger partial charge in [0.1, 0.15) is 0 Å². The summed E-state index contributed by atoms with van der Waals surface area (Å²) >= 11 is 0. The van der Waals surface area contributed by atoms with Crippen molar-refractivity contribution in [3.63, 3.8) is 0 Å². The zero-order valence-electron chi connectivity index (χ0n) is 16.4. The zero-order chi connectivity index (χ0) is 17.2. The number of nitrogens with zero attached hydrogens (tertiary/aromatic N) is 2. The summed E-state index contributed by atoms with van der Waals surface area (Å²) in [7, 11) is 1.87. The van der Waals surface area contributed by atoms with Crippen LogP contribution in [0.1, 0.15) is 52.9 Å². The van der Waals surface area contributed by atoms with Crippen LogP contribution in [0.4, 0.5) is 0 Å². The van der Waals surface area contributed by atoms with Gasteiger partial charge in [0, 0.05) is 50.2 Å². The minimum atomic E-state index is 0. The summed E-state index contributed by atoms with van der Waals surface area (Å²) in [4.78, 5) is 7.06. The van der Waals surface area contributed by atoms with Gasteiger partial charge >= 0.3 is 0 Å². The van der Waals surface area contributed by atoms with E-state index < -0.39 is 0 Å². The van der Waals surface area contributed by atoms with Gasteiger partial charge in [0.2, 0.25) is 0 Å². The van der Waals surface area contributed by atoms with Crippen molar-refractivity contribution in [1.82, 2.24) is 15.5 Å². The Labute approximate surface area is 170 Å². The molecule has 146 valence electrons. The van der Waals surface area contributed by atoms with E-state index in [-0.39, 0.29) is 29.4 Å². The normalized spacial score (nSPS) is 34.6. The van der Waals surface area contributed by atoms with Gasteiger partial charge in [-0.25, -0.2) is 0 Å². The van der Waals surface area contributed by atoms with Gasteiger partial charge < -0.3 is 20.3 Å². The quantitative estimate of drug-likeness (QED) is 0.285. The van der Waals surface area contributed by atoms with Gasteiger partial charge in [-0.1, -0.05) is 20.3 Å². The lowest BCUT2D eigenvalue weighted by molar-refractivity contribution is -0.106. The summed E-state index contributed by atoms with van der Waals surface area (Å²) < 4.78 is 5.88. The molecule has 2 saturated heterocycles. The number of aliphatic imine (C=N–C) groups is 1. The predicted molar refractivity (Wildman–Crippen MR) is 115 cm³/mol. The van der Waals surface area contributed by atoms with Crippen LogP contribution >= 0.6 is 24.0 Å². The molecule has 0 aromatic carbocycles. The van der Waals surface area contributed by atoms with Crippen molar-refractivity contribution in [2.24, 2.45) is 16.3 Å². The number of hydrogen-bond acceptors (Lipinski definition) is 3. The largest absolute Gasteiger partial charge is 0.377 e. The number of hydrogen-bond donors (Lipinski definition) is 2. The highest BCUT2D eigenvalue weighted by atomic mass is 127. The van der Waals surface area contributed by atoms with E-state index in [1.165, 1.54) is 45.2 Å². The fraction of sp³-hybridized carbons (Fsp3) is 0.947. The van der Waals surface area contributed by atoms with Gasteiger partial charge in [0.05, 0.1) is 6.10 Å². The van der Waals surface area contributed by atoms with Crippen molar-refractivity contribution in [3.05, 3.63) is 0 Å². The highest BCUT2D eigenvalue weighted by molar-refractivity contribution is 14.0. The van der Waals surface area contributed by atoms with Crippen LogP contribution < -0.4 is 10.6 Å². The van der Waals surface area contributed by atoms with Crippen LogP contribution in [0.2, 0.25) is 0 Å². The van der Waals surface area contributed by atoms with E-state index in [1.807, 2.05) is 7.05 Å². The Balaban J connectivity index is 0.00000225. The average Bonchev–Trinajstić information content (AvgIpc) is 3.02. The monoisotopic (exact) mass is 464 g/mol. The van der Waals surface area contributed by atoms with Crippen LogP contribution in [0, 0.1) is 11.3 Å². The molecule has 0 aromatic rings. The molecule has 3 fully saturated rings. The molecule has 0 amide bonds. The van der Waals surface area contributed by atoms with E-state index in [9.17, 15) is 0 Å². The third-order valence-electron chi connectivity index (χ3n) is 6.47. The highest BCUT2D eigenvalue weighted by Gasteiger charge is 2.59. The second-order valence-electron chi connectivity index (χ2n) is 8.42. The summed E-state index contributed by atoms with van der Waals surface area (Å²) in [5.74, 6) is 1.60. The number of rotatable bonds is 5. The molecule has 25 heavy (non-hydrogen) atoms.